The molecule has 0 aliphatic rings. The van der Waals surface area contributed by atoms with Gasteiger partial charge in [0, 0.05) is 12.4 Å². The minimum absolute atomic E-state index is 0.153. The summed E-state index contributed by atoms with van der Waals surface area (Å²) in [6, 6.07) is 1.75. The quantitative estimate of drug-likeness (QED) is 0.515. The number of nitrogens with two attached hydrogens (primary N) is 2. The van der Waals surface area contributed by atoms with Crippen molar-refractivity contribution >= 4 is 5.95 Å². The molecule has 0 unspecified atom stereocenters. The van der Waals surface area contributed by atoms with Gasteiger partial charge in [0.25, 0.3) is 5.95 Å². The van der Waals surface area contributed by atoms with E-state index in [0.717, 1.165) is 4.68 Å². The number of nitrogen functional groups attached to an aromatic ring is 2. The Labute approximate surface area is 67.6 Å². The monoisotopic (exact) mass is 165 g/mol. The summed E-state index contributed by atoms with van der Waals surface area (Å²) in [7, 11) is 0. The lowest BCUT2D eigenvalue weighted by Crippen LogP contribution is -2.16. The first kappa shape index (κ1) is 6.65. The number of nitrogens with zero attached hydrogens (tertiary/aromatic N) is 5. The van der Waals surface area contributed by atoms with E-state index >= 15 is 0 Å². The van der Waals surface area contributed by atoms with E-state index in [1.54, 1.807) is 18.5 Å². The SMILES string of the molecule is Nc1nnc(-n2cccn2)n1N. The van der Waals surface area contributed by atoms with Gasteiger partial charge < -0.3 is 11.6 Å². The van der Waals surface area contributed by atoms with E-state index in [0.29, 0.717) is 5.95 Å². The van der Waals surface area contributed by atoms with Crippen LogP contribution in [0.4, 0.5) is 5.95 Å². The van der Waals surface area contributed by atoms with Crippen LogP contribution in [-0.2, 0) is 0 Å². The second kappa shape index (κ2) is 2.22. The first-order valence-corrected chi connectivity index (χ1v) is 3.25. The predicted molar refractivity (Wildman–Crippen MR) is 41.7 cm³/mol. The molecule has 2 aromatic rings. The highest BCUT2D eigenvalue weighted by Gasteiger charge is 2.07. The van der Waals surface area contributed by atoms with Crippen molar-refractivity contribution in [1.29, 1.82) is 0 Å². The molecule has 7 heteroatoms. The first-order valence-electron chi connectivity index (χ1n) is 3.25. The van der Waals surface area contributed by atoms with Crippen LogP contribution >= 0.6 is 0 Å². The number of rotatable bonds is 1. The zero-order chi connectivity index (χ0) is 8.55. The molecule has 0 radical (unpaired) electrons. The molecule has 0 saturated carbocycles. The van der Waals surface area contributed by atoms with Crippen LogP contribution in [0.3, 0.4) is 0 Å². The highest BCUT2D eigenvalue weighted by atomic mass is 15.5. The minimum Gasteiger partial charge on any atom is -0.366 e. The molecular formula is C5H7N7. The van der Waals surface area contributed by atoms with Crippen molar-refractivity contribution in [2.75, 3.05) is 11.6 Å². The Kier molecular flexibility index (Phi) is 1.23. The van der Waals surface area contributed by atoms with Crippen LogP contribution in [0, 0.1) is 0 Å². The van der Waals surface area contributed by atoms with Crippen molar-refractivity contribution in [1.82, 2.24) is 24.7 Å². The molecule has 0 spiro atoms. The van der Waals surface area contributed by atoms with Gasteiger partial charge in [-0.15, -0.1) is 10.2 Å². The Morgan fingerprint density at radius 3 is 2.67 bits per heavy atom. The smallest absolute Gasteiger partial charge is 0.272 e. The summed E-state index contributed by atoms with van der Waals surface area (Å²) in [6.07, 6.45) is 3.32. The van der Waals surface area contributed by atoms with Crippen molar-refractivity contribution in [2.24, 2.45) is 0 Å². The molecule has 2 heterocycles. The topological polar surface area (TPSA) is 101 Å². The fourth-order valence-electron chi connectivity index (χ4n) is 0.838. The maximum atomic E-state index is 5.50. The lowest BCUT2D eigenvalue weighted by atomic mass is 10.7. The zero-order valence-electron chi connectivity index (χ0n) is 6.12. The minimum atomic E-state index is 0.153. The molecule has 62 valence electrons. The van der Waals surface area contributed by atoms with Crippen LogP contribution < -0.4 is 11.6 Å². The molecule has 0 atom stereocenters. The van der Waals surface area contributed by atoms with Gasteiger partial charge in [-0.25, -0.2) is 4.68 Å². The molecule has 0 fully saturated rings. The molecule has 0 amide bonds. The molecule has 0 aliphatic heterocycles. The van der Waals surface area contributed by atoms with E-state index in [2.05, 4.69) is 15.3 Å². The van der Waals surface area contributed by atoms with Crippen LogP contribution in [0.2, 0.25) is 0 Å². The van der Waals surface area contributed by atoms with Gasteiger partial charge in [-0.05, 0) is 6.07 Å². The summed E-state index contributed by atoms with van der Waals surface area (Å²) in [5.74, 6) is 6.04. The molecule has 7 nitrogen and oxygen atoms in total. The largest absolute Gasteiger partial charge is 0.366 e. The summed E-state index contributed by atoms with van der Waals surface area (Å²) in [6.45, 7) is 0. The van der Waals surface area contributed by atoms with Gasteiger partial charge in [0.1, 0.15) is 0 Å². The molecule has 12 heavy (non-hydrogen) atoms. The van der Waals surface area contributed by atoms with Crippen molar-refractivity contribution in [3.63, 3.8) is 0 Å². The molecular weight excluding hydrogens is 158 g/mol. The Bertz CT molecular complexity index is 372. The van der Waals surface area contributed by atoms with Gasteiger partial charge in [-0.1, -0.05) is 0 Å². The maximum absolute atomic E-state index is 5.50. The van der Waals surface area contributed by atoms with E-state index in [9.17, 15) is 0 Å². The molecule has 0 aromatic carbocycles. The molecule has 4 N–H and O–H groups in total. The van der Waals surface area contributed by atoms with E-state index in [1.807, 2.05) is 0 Å². The van der Waals surface area contributed by atoms with E-state index in [1.165, 1.54) is 4.68 Å². The first-order chi connectivity index (χ1) is 5.79. The fourth-order valence-corrected chi connectivity index (χ4v) is 0.838. The maximum Gasteiger partial charge on any atom is 0.272 e. The molecule has 2 rings (SSSR count). The third kappa shape index (κ3) is 0.797. The van der Waals surface area contributed by atoms with Crippen LogP contribution in [0.15, 0.2) is 18.5 Å². The van der Waals surface area contributed by atoms with Gasteiger partial charge in [-0.3, -0.25) is 0 Å². The Hall–Kier alpha value is -2.05. The fraction of sp³-hybridized carbons (Fsp3) is 0. The Balaban J connectivity index is 2.55. The highest BCUT2D eigenvalue weighted by molar-refractivity contribution is 5.24. The van der Waals surface area contributed by atoms with Crippen molar-refractivity contribution < 1.29 is 0 Å². The van der Waals surface area contributed by atoms with E-state index < -0.39 is 0 Å². The van der Waals surface area contributed by atoms with Gasteiger partial charge in [-0.2, -0.15) is 9.77 Å². The van der Waals surface area contributed by atoms with Gasteiger partial charge in [0.15, 0.2) is 0 Å². The standard InChI is InChI=1S/C5H7N7/c6-4-9-10-5(12(4)7)11-3-1-2-8-11/h1-3H,7H2,(H2,6,9). The number of hydrogen-bond acceptors (Lipinski definition) is 5. The Morgan fingerprint density at radius 2 is 2.17 bits per heavy atom. The molecule has 0 aliphatic carbocycles. The third-order valence-electron chi connectivity index (χ3n) is 1.41. The Morgan fingerprint density at radius 1 is 1.33 bits per heavy atom. The average molecular weight is 165 g/mol. The van der Waals surface area contributed by atoms with Gasteiger partial charge in [0.2, 0.25) is 5.95 Å². The van der Waals surface area contributed by atoms with E-state index in [-0.39, 0.29) is 5.95 Å². The summed E-state index contributed by atoms with van der Waals surface area (Å²) >= 11 is 0. The normalized spacial score (nSPS) is 10.3. The van der Waals surface area contributed by atoms with Gasteiger partial charge in [0.05, 0.1) is 0 Å². The average Bonchev–Trinajstić information content (AvgIpc) is 2.64. The predicted octanol–water partition coefficient (Wildman–Crippen LogP) is -1.24. The number of anilines is 1. The summed E-state index contributed by atoms with van der Waals surface area (Å²) in [4.78, 5) is 0. The van der Waals surface area contributed by atoms with Gasteiger partial charge >= 0.3 is 0 Å². The van der Waals surface area contributed by atoms with Crippen molar-refractivity contribution in [3.05, 3.63) is 18.5 Å². The number of hydrogen-bond donors (Lipinski definition) is 2. The van der Waals surface area contributed by atoms with Crippen molar-refractivity contribution in [2.45, 2.75) is 0 Å². The molecule has 0 bridgehead atoms. The zero-order valence-corrected chi connectivity index (χ0v) is 6.12. The summed E-state index contributed by atoms with van der Waals surface area (Å²) in [5.41, 5.74) is 5.37. The van der Waals surface area contributed by atoms with Crippen LogP contribution in [0.1, 0.15) is 0 Å². The second-order valence-corrected chi connectivity index (χ2v) is 2.18. The van der Waals surface area contributed by atoms with Crippen LogP contribution in [0.5, 0.6) is 0 Å². The lowest BCUT2D eigenvalue weighted by Gasteiger charge is -1.98. The molecule has 0 saturated heterocycles. The lowest BCUT2D eigenvalue weighted by molar-refractivity contribution is 0.772. The molecule has 2 aromatic heterocycles. The highest BCUT2D eigenvalue weighted by Crippen LogP contribution is 2.01. The van der Waals surface area contributed by atoms with E-state index in [4.69, 9.17) is 11.6 Å². The number of aromatic nitrogens is 5. The van der Waals surface area contributed by atoms with Crippen LogP contribution in [0.25, 0.3) is 5.95 Å². The van der Waals surface area contributed by atoms with Crippen molar-refractivity contribution in [3.8, 4) is 5.95 Å². The second-order valence-electron chi connectivity index (χ2n) is 2.18. The summed E-state index contributed by atoms with van der Waals surface area (Å²) in [5, 5.41) is 11.2. The summed E-state index contributed by atoms with van der Waals surface area (Å²) < 4.78 is 2.64. The van der Waals surface area contributed by atoms with Crippen LogP contribution in [-0.4, -0.2) is 24.7 Å². The third-order valence-corrected chi connectivity index (χ3v) is 1.41.